The number of benzene rings is 1. The van der Waals surface area contributed by atoms with E-state index in [1.807, 2.05) is 0 Å². The predicted octanol–water partition coefficient (Wildman–Crippen LogP) is 4.11. The third-order valence-corrected chi connectivity index (χ3v) is 4.50. The van der Waals surface area contributed by atoms with Crippen LogP contribution < -0.4 is 9.47 Å². The van der Waals surface area contributed by atoms with E-state index >= 15 is 0 Å². The van der Waals surface area contributed by atoms with Crippen molar-refractivity contribution >= 4 is 0 Å². The van der Waals surface area contributed by atoms with Crippen molar-refractivity contribution < 1.29 is 22.6 Å². The highest BCUT2D eigenvalue weighted by atomic mass is 19.4. The summed E-state index contributed by atoms with van der Waals surface area (Å²) in [5, 5.41) is 0. The molecule has 0 saturated heterocycles. The molecule has 2 aromatic heterocycles. The number of alkyl halides is 3. The Balaban J connectivity index is 1.49. The first-order valence-electron chi connectivity index (χ1n) is 8.47. The predicted molar refractivity (Wildman–Crippen MR) is 92.8 cm³/mol. The summed E-state index contributed by atoms with van der Waals surface area (Å²) in [4.78, 5) is 16.9. The lowest BCUT2D eigenvalue weighted by Crippen LogP contribution is -2.17. The minimum atomic E-state index is -4.77. The first-order valence-corrected chi connectivity index (χ1v) is 8.47. The van der Waals surface area contributed by atoms with Crippen LogP contribution in [0.3, 0.4) is 0 Å². The maximum Gasteiger partial charge on any atom is 0.573 e. The van der Waals surface area contributed by atoms with Crippen LogP contribution in [0, 0.1) is 0 Å². The second-order valence-electron chi connectivity index (χ2n) is 6.32. The molecular formula is C19H15F3N4O2. The average molecular weight is 388 g/mol. The fourth-order valence-electron chi connectivity index (χ4n) is 3.12. The van der Waals surface area contributed by atoms with Gasteiger partial charge in [0.1, 0.15) is 0 Å². The van der Waals surface area contributed by atoms with E-state index in [-0.39, 0.29) is 23.3 Å². The molecule has 28 heavy (non-hydrogen) atoms. The molecule has 2 atom stereocenters. The number of nitrogens with zero attached hydrogens (tertiary/aromatic N) is 4. The minimum absolute atomic E-state index is 0.0494. The van der Waals surface area contributed by atoms with Gasteiger partial charge < -0.3 is 9.47 Å². The molecule has 0 bridgehead atoms. The Hall–Kier alpha value is -3.23. The van der Waals surface area contributed by atoms with Crippen molar-refractivity contribution in [1.29, 1.82) is 0 Å². The smallest absolute Gasteiger partial charge is 0.493 e. The molecule has 2 heterocycles. The Labute approximate surface area is 158 Å². The number of hydrogen-bond acceptors (Lipinski definition) is 6. The van der Waals surface area contributed by atoms with Crippen molar-refractivity contribution in [3.05, 3.63) is 60.2 Å². The van der Waals surface area contributed by atoms with Crippen LogP contribution in [0.2, 0.25) is 0 Å². The topological polar surface area (TPSA) is 70.0 Å². The molecular weight excluding hydrogens is 373 g/mol. The van der Waals surface area contributed by atoms with Crippen molar-refractivity contribution in [3.63, 3.8) is 0 Å². The lowest BCUT2D eigenvalue weighted by atomic mass is 10.1. The van der Waals surface area contributed by atoms with Gasteiger partial charge in [0.25, 0.3) is 0 Å². The molecule has 1 saturated carbocycles. The third-order valence-electron chi connectivity index (χ3n) is 4.50. The van der Waals surface area contributed by atoms with Gasteiger partial charge >= 0.3 is 6.36 Å². The molecule has 4 rings (SSSR count). The highest BCUT2D eigenvalue weighted by Gasteiger charge is 2.41. The van der Waals surface area contributed by atoms with E-state index in [1.165, 1.54) is 13.2 Å². The van der Waals surface area contributed by atoms with E-state index in [2.05, 4.69) is 24.7 Å². The molecule has 1 aliphatic rings. The van der Waals surface area contributed by atoms with Gasteiger partial charge in [-0.2, -0.15) is 0 Å². The zero-order valence-corrected chi connectivity index (χ0v) is 14.7. The monoisotopic (exact) mass is 388 g/mol. The molecule has 6 nitrogen and oxygen atoms in total. The van der Waals surface area contributed by atoms with E-state index in [0.717, 1.165) is 17.5 Å². The van der Waals surface area contributed by atoms with Gasteiger partial charge in [0.05, 0.1) is 7.11 Å². The van der Waals surface area contributed by atoms with Gasteiger partial charge in [-0.15, -0.1) is 13.2 Å². The summed E-state index contributed by atoms with van der Waals surface area (Å²) in [5.74, 6) is 0.948. The molecule has 0 amide bonds. The summed E-state index contributed by atoms with van der Waals surface area (Å²) in [6, 6.07) is 6.20. The number of methoxy groups -OCH3 is 1. The fraction of sp³-hybridized carbons (Fsp3) is 0.263. The van der Waals surface area contributed by atoms with Gasteiger partial charge in [-0.25, -0.2) is 19.9 Å². The average Bonchev–Trinajstić information content (AvgIpc) is 3.49. The minimum Gasteiger partial charge on any atom is -0.493 e. The SMILES string of the molecule is COc1cc(C2CC2c2cnc(-c3ncccn3)nc2)ccc1OC(F)(F)F. The quantitative estimate of drug-likeness (QED) is 0.655. The zero-order valence-electron chi connectivity index (χ0n) is 14.7. The summed E-state index contributed by atoms with van der Waals surface area (Å²) in [6.45, 7) is 0. The Morgan fingerprint density at radius 3 is 2.18 bits per heavy atom. The van der Waals surface area contributed by atoms with Crippen molar-refractivity contribution in [3.8, 4) is 23.1 Å². The normalized spacial score (nSPS) is 18.6. The Bertz CT molecular complexity index is 965. The molecule has 0 spiro atoms. The van der Waals surface area contributed by atoms with Gasteiger partial charge in [0.2, 0.25) is 0 Å². The van der Waals surface area contributed by atoms with Crippen LogP contribution in [0.15, 0.2) is 49.1 Å². The molecule has 1 fully saturated rings. The van der Waals surface area contributed by atoms with Gasteiger partial charge in [0.15, 0.2) is 23.1 Å². The summed E-state index contributed by atoms with van der Waals surface area (Å²) < 4.78 is 46.4. The maximum atomic E-state index is 12.5. The lowest BCUT2D eigenvalue weighted by molar-refractivity contribution is -0.275. The van der Waals surface area contributed by atoms with Crippen LogP contribution >= 0.6 is 0 Å². The van der Waals surface area contributed by atoms with Crippen molar-refractivity contribution in [1.82, 2.24) is 19.9 Å². The van der Waals surface area contributed by atoms with Crippen LogP contribution in [0.25, 0.3) is 11.6 Å². The second-order valence-corrected chi connectivity index (χ2v) is 6.32. The number of hydrogen-bond donors (Lipinski definition) is 0. The van der Waals surface area contributed by atoms with Crippen molar-refractivity contribution in [2.75, 3.05) is 7.11 Å². The first-order chi connectivity index (χ1) is 13.4. The van der Waals surface area contributed by atoms with Crippen LogP contribution in [-0.2, 0) is 0 Å². The van der Waals surface area contributed by atoms with Gasteiger partial charge in [-0.05, 0) is 47.6 Å². The third kappa shape index (κ3) is 3.88. The van der Waals surface area contributed by atoms with Crippen molar-refractivity contribution in [2.24, 2.45) is 0 Å². The first kappa shape index (κ1) is 18.1. The number of halogens is 3. The van der Waals surface area contributed by atoms with Crippen LogP contribution in [0.4, 0.5) is 13.2 Å². The van der Waals surface area contributed by atoms with Gasteiger partial charge in [0, 0.05) is 24.8 Å². The fourth-order valence-corrected chi connectivity index (χ4v) is 3.12. The Kier molecular flexibility index (Phi) is 4.58. The number of ether oxygens (including phenoxy) is 2. The van der Waals surface area contributed by atoms with E-state index in [9.17, 15) is 13.2 Å². The summed E-state index contributed by atoms with van der Waals surface area (Å²) in [7, 11) is 1.31. The van der Waals surface area contributed by atoms with Crippen molar-refractivity contribution in [2.45, 2.75) is 24.6 Å². The lowest BCUT2D eigenvalue weighted by Gasteiger charge is -2.13. The van der Waals surface area contributed by atoms with Crippen LogP contribution in [0.5, 0.6) is 11.5 Å². The number of rotatable bonds is 5. The molecule has 0 aliphatic heterocycles. The summed E-state index contributed by atoms with van der Waals surface area (Å²) in [5.41, 5.74) is 1.84. The highest BCUT2D eigenvalue weighted by molar-refractivity contribution is 5.47. The van der Waals surface area contributed by atoms with E-state index in [1.54, 1.807) is 43.0 Å². The molecule has 9 heteroatoms. The van der Waals surface area contributed by atoms with Crippen LogP contribution in [-0.4, -0.2) is 33.4 Å². The molecule has 1 aromatic carbocycles. The molecule has 0 radical (unpaired) electrons. The van der Waals surface area contributed by atoms with Gasteiger partial charge in [-0.3, -0.25) is 0 Å². The zero-order chi connectivity index (χ0) is 19.7. The molecule has 2 unspecified atom stereocenters. The molecule has 1 aliphatic carbocycles. The Morgan fingerprint density at radius 2 is 1.54 bits per heavy atom. The highest BCUT2D eigenvalue weighted by Crippen LogP contribution is 2.55. The maximum absolute atomic E-state index is 12.5. The summed E-state index contributed by atoms with van der Waals surface area (Å²) >= 11 is 0. The number of aromatic nitrogens is 4. The summed E-state index contributed by atoms with van der Waals surface area (Å²) in [6.07, 6.45) is 2.81. The molecule has 144 valence electrons. The molecule has 3 aromatic rings. The van der Waals surface area contributed by atoms with Crippen LogP contribution in [0.1, 0.15) is 29.4 Å². The Morgan fingerprint density at radius 1 is 0.893 bits per heavy atom. The van der Waals surface area contributed by atoms with E-state index in [0.29, 0.717) is 11.6 Å². The van der Waals surface area contributed by atoms with E-state index < -0.39 is 6.36 Å². The van der Waals surface area contributed by atoms with E-state index in [4.69, 9.17) is 4.74 Å². The standard InChI is InChI=1S/C19H15F3N4O2/c1-27-16-7-11(3-4-15(16)28-19(20,21)22)13-8-14(13)12-9-25-18(26-10-12)17-23-5-2-6-24-17/h2-7,9-10,13-14H,8H2,1H3. The second kappa shape index (κ2) is 7.06. The van der Waals surface area contributed by atoms with Gasteiger partial charge in [-0.1, -0.05) is 6.07 Å². The molecule has 0 N–H and O–H groups in total. The largest absolute Gasteiger partial charge is 0.573 e.